The molecule has 0 unspecified atom stereocenters. The molecule has 25 heavy (non-hydrogen) atoms. The van der Waals surface area contributed by atoms with Crippen molar-refractivity contribution in [3.63, 3.8) is 0 Å². The average molecular weight is 355 g/mol. The summed E-state index contributed by atoms with van der Waals surface area (Å²) >= 11 is 0. The number of carbonyl (C=O) groups excluding carboxylic acids is 2. The fourth-order valence-corrected chi connectivity index (χ4v) is 3.54. The quantitative estimate of drug-likeness (QED) is 0.333. The zero-order chi connectivity index (χ0) is 18.7. The lowest BCUT2D eigenvalue weighted by Crippen LogP contribution is -2.50. The zero-order valence-corrected chi connectivity index (χ0v) is 16.8. The van der Waals surface area contributed by atoms with E-state index in [1.807, 2.05) is 0 Å². The van der Waals surface area contributed by atoms with Gasteiger partial charge >= 0.3 is 11.9 Å². The minimum atomic E-state index is -0.179. The highest BCUT2D eigenvalue weighted by molar-refractivity contribution is 5.76. The summed E-state index contributed by atoms with van der Waals surface area (Å²) in [5.74, 6) is -0.0825. The van der Waals surface area contributed by atoms with Crippen LogP contribution in [0.2, 0.25) is 0 Å². The van der Waals surface area contributed by atoms with E-state index in [9.17, 15) is 9.59 Å². The molecule has 0 heterocycles. The third kappa shape index (κ3) is 7.37. The summed E-state index contributed by atoms with van der Waals surface area (Å²) in [4.78, 5) is 24.2. The molecule has 0 saturated heterocycles. The number of rotatable bonds is 13. The molecule has 1 saturated carbocycles. The van der Waals surface area contributed by atoms with Crippen LogP contribution in [0.1, 0.15) is 91.9 Å². The second-order valence-corrected chi connectivity index (χ2v) is 8.02. The highest BCUT2D eigenvalue weighted by atomic mass is 16.5. The van der Waals surface area contributed by atoms with Crippen molar-refractivity contribution in [1.82, 2.24) is 0 Å². The maximum atomic E-state index is 12.2. The van der Waals surface area contributed by atoms with Gasteiger partial charge in [-0.25, -0.2) is 0 Å². The van der Waals surface area contributed by atoms with Gasteiger partial charge in [-0.05, 0) is 30.6 Å². The number of ether oxygens (including phenoxy) is 2. The molecule has 4 heteroatoms. The molecule has 0 aromatic heterocycles. The highest BCUT2D eigenvalue weighted by Gasteiger charge is 2.53. The maximum Gasteiger partial charge on any atom is 0.309 e. The van der Waals surface area contributed by atoms with Crippen LogP contribution in [0.25, 0.3) is 0 Å². The second kappa shape index (κ2) is 11.5. The van der Waals surface area contributed by atoms with Crippen LogP contribution >= 0.6 is 0 Å². The Morgan fingerprint density at radius 1 is 0.880 bits per heavy atom. The zero-order valence-electron chi connectivity index (χ0n) is 16.8. The average Bonchev–Trinajstić information content (AvgIpc) is 2.57. The lowest BCUT2D eigenvalue weighted by atomic mass is 9.54. The fourth-order valence-electron chi connectivity index (χ4n) is 3.54. The molecule has 0 aromatic rings. The molecular weight excluding hydrogens is 316 g/mol. The van der Waals surface area contributed by atoms with Crippen molar-refractivity contribution >= 4 is 11.9 Å². The molecule has 0 spiro atoms. The first kappa shape index (κ1) is 22.0. The van der Waals surface area contributed by atoms with E-state index >= 15 is 0 Å². The minimum absolute atomic E-state index is 0.0824. The molecule has 146 valence electrons. The normalized spacial score (nSPS) is 21.4. The minimum Gasteiger partial charge on any atom is -0.466 e. The van der Waals surface area contributed by atoms with Crippen LogP contribution in [0.3, 0.4) is 0 Å². The van der Waals surface area contributed by atoms with Gasteiger partial charge in [-0.3, -0.25) is 9.59 Å². The first-order chi connectivity index (χ1) is 11.9. The Kier molecular flexibility index (Phi) is 10.1. The third-order valence-corrected chi connectivity index (χ3v) is 5.67. The summed E-state index contributed by atoms with van der Waals surface area (Å²) in [5.41, 5.74) is -0.179. The SMILES string of the molecule is CCCCCCOC(=O)C[C@H]1C[C@H](C(=O)OCCCCCC)C1(C)C. The standard InChI is InChI=1S/C21H38O4/c1-5-7-9-11-13-24-19(22)16-17-15-18(21(17,3)4)20(23)25-14-12-10-8-6-2/h17-18H,5-16H2,1-4H3/t17-,18-/m1/s1. The Hall–Kier alpha value is -1.06. The van der Waals surface area contributed by atoms with Gasteiger partial charge in [0.1, 0.15) is 0 Å². The molecule has 1 aliphatic carbocycles. The van der Waals surface area contributed by atoms with Gasteiger partial charge in [0.15, 0.2) is 0 Å². The van der Waals surface area contributed by atoms with Crippen LogP contribution in [0.15, 0.2) is 0 Å². The van der Waals surface area contributed by atoms with Gasteiger partial charge in [-0.1, -0.05) is 66.2 Å². The van der Waals surface area contributed by atoms with E-state index in [4.69, 9.17) is 9.47 Å². The van der Waals surface area contributed by atoms with Crippen LogP contribution in [0.5, 0.6) is 0 Å². The van der Waals surface area contributed by atoms with Crippen molar-refractivity contribution in [3.05, 3.63) is 0 Å². The molecule has 0 bridgehead atoms. The number of unbranched alkanes of at least 4 members (excludes halogenated alkanes) is 6. The summed E-state index contributed by atoms with van der Waals surface area (Å²) in [5, 5.41) is 0. The smallest absolute Gasteiger partial charge is 0.309 e. The molecule has 0 radical (unpaired) electrons. The molecular formula is C21H38O4. The Balaban J connectivity index is 2.23. The van der Waals surface area contributed by atoms with Gasteiger partial charge in [-0.2, -0.15) is 0 Å². The molecule has 4 nitrogen and oxygen atoms in total. The molecule has 0 amide bonds. The lowest BCUT2D eigenvalue weighted by Gasteiger charge is -2.50. The number of hydrogen-bond donors (Lipinski definition) is 0. The number of carbonyl (C=O) groups is 2. The molecule has 0 N–H and O–H groups in total. The summed E-state index contributed by atoms with van der Waals surface area (Å²) in [6.45, 7) is 9.51. The van der Waals surface area contributed by atoms with Crippen LogP contribution < -0.4 is 0 Å². The van der Waals surface area contributed by atoms with Crippen molar-refractivity contribution in [2.75, 3.05) is 13.2 Å². The van der Waals surface area contributed by atoms with Gasteiger partial charge < -0.3 is 9.47 Å². The predicted molar refractivity (Wildman–Crippen MR) is 100 cm³/mol. The topological polar surface area (TPSA) is 52.6 Å². The summed E-state index contributed by atoms with van der Waals surface area (Å²) in [7, 11) is 0. The van der Waals surface area contributed by atoms with E-state index in [1.54, 1.807) is 0 Å². The van der Waals surface area contributed by atoms with E-state index < -0.39 is 0 Å². The molecule has 0 aromatic carbocycles. The molecule has 1 aliphatic rings. The van der Waals surface area contributed by atoms with E-state index in [-0.39, 0.29) is 29.2 Å². The van der Waals surface area contributed by atoms with Crippen molar-refractivity contribution in [3.8, 4) is 0 Å². The Morgan fingerprint density at radius 3 is 1.96 bits per heavy atom. The van der Waals surface area contributed by atoms with E-state index in [1.165, 1.54) is 25.7 Å². The molecule has 0 aliphatic heterocycles. The molecule has 1 rings (SSSR count). The summed E-state index contributed by atoms with van der Waals surface area (Å²) in [6, 6.07) is 0. The molecule has 1 fully saturated rings. The summed E-state index contributed by atoms with van der Waals surface area (Å²) in [6.07, 6.45) is 10.0. The van der Waals surface area contributed by atoms with E-state index in [0.717, 1.165) is 32.1 Å². The first-order valence-electron chi connectivity index (χ1n) is 10.3. The fraction of sp³-hybridized carbons (Fsp3) is 0.905. The van der Waals surface area contributed by atoms with Crippen molar-refractivity contribution in [2.24, 2.45) is 17.3 Å². The summed E-state index contributed by atoms with van der Waals surface area (Å²) < 4.78 is 10.8. The second-order valence-electron chi connectivity index (χ2n) is 8.02. The number of esters is 2. The van der Waals surface area contributed by atoms with Gasteiger partial charge in [-0.15, -0.1) is 0 Å². The predicted octanol–water partition coefficient (Wildman–Crippen LogP) is 5.29. The van der Waals surface area contributed by atoms with Gasteiger partial charge in [0.25, 0.3) is 0 Å². The van der Waals surface area contributed by atoms with Crippen LogP contribution in [-0.2, 0) is 19.1 Å². The van der Waals surface area contributed by atoms with Crippen LogP contribution in [0.4, 0.5) is 0 Å². The van der Waals surface area contributed by atoms with Crippen molar-refractivity contribution in [2.45, 2.75) is 91.9 Å². The Morgan fingerprint density at radius 2 is 1.44 bits per heavy atom. The van der Waals surface area contributed by atoms with Crippen LogP contribution in [0, 0.1) is 17.3 Å². The monoisotopic (exact) mass is 354 g/mol. The maximum absolute atomic E-state index is 12.2. The van der Waals surface area contributed by atoms with Gasteiger partial charge in [0, 0.05) is 6.42 Å². The van der Waals surface area contributed by atoms with Gasteiger partial charge in [0.2, 0.25) is 0 Å². The largest absolute Gasteiger partial charge is 0.466 e. The van der Waals surface area contributed by atoms with E-state index in [0.29, 0.717) is 19.6 Å². The highest BCUT2D eigenvalue weighted by Crippen LogP contribution is 2.53. The van der Waals surface area contributed by atoms with Crippen molar-refractivity contribution < 1.29 is 19.1 Å². The Labute approximate surface area is 154 Å². The number of hydrogen-bond acceptors (Lipinski definition) is 4. The third-order valence-electron chi connectivity index (χ3n) is 5.67. The van der Waals surface area contributed by atoms with Gasteiger partial charge in [0.05, 0.1) is 19.1 Å². The van der Waals surface area contributed by atoms with Crippen molar-refractivity contribution in [1.29, 1.82) is 0 Å². The Bertz CT molecular complexity index is 403. The van der Waals surface area contributed by atoms with Crippen LogP contribution in [-0.4, -0.2) is 25.2 Å². The molecule has 2 atom stereocenters. The van der Waals surface area contributed by atoms with E-state index in [2.05, 4.69) is 27.7 Å². The lowest BCUT2D eigenvalue weighted by molar-refractivity contribution is -0.170. The first-order valence-corrected chi connectivity index (χ1v) is 10.3.